The van der Waals surface area contributed by atoms with Crippen LogP contribution in [0.15, 0.2) is 61.2 Å². The number of rotatable bonds is 15. The third-order valence-electron chi connectivity index (χ3n) is 7.43. The highest BCUT2D eigenvalue weighted by molar-refractivity contribution is 7.15. The fourth-order valence-electron chi connectivity index (χ4n) is 5.11. The zero-order valence-corrected chi connectivity index (χ0v) is 27.3. The maximum atomic E-state index is 4.14. The maximum absolute atomic E-state index is 4.14. The van der Waals surface area contributed by atoms with Crippen LogP contribution in [0.2, 0.25) is 0 Å². The Balaban J connectivity index is 0.00000216. The largest absolute Gasteiger partial charge is 0.141 e. The lowest BCUT2D eigenvalue weighted by Gasteiger charge is -2.08. The Bertz CT molecular complexity index is 1350. The molecule has 0 aliphatic carbocycles. The van der Waals surface area contributed by atoms with Gasteiger partial charge in [0, 0.05) is 19.5 Å². The van der Waals surface area contributed by atoms with Crippen LogP contribution < -0.4 is 0 Å². The van der Waals surface area contributed by atoms with Gasteiger partial charge in [0.05, 0.1) is 0 Å². The van der Waals surface area contributed by atoms with E-state index in [0.717, 1.165) is 0 Å². The van der Waals surface area contributed by atoms with Gasteiger partial charge in [-0.25, -0.2) is 0 Å². The van der Waals surface area contributed by atoms with E-state index in [0.29, 0.717) is 0 Å². The van der Waals surface area contributed by atoms with Crippen LogP contribution >= 0.6 is 22.7 Å². The Kier molecular flexibility index (Phi) is 14.0. The summed E-state index contributed by atoms with van der Waals surface area (Å²) in [4.78, 5) is 5.77. The first-order valence-corrected chi connectivity index (χ1v) is 17.3. The highest BCUT2D eigenvalue weighted by atomic mass is 32.1. The summed E-state index contributed by atoms with van der Waals surface area (Å²) < 4.78 is 0. The molecule has 2 heteroatoms. The van der Waals surface area contributed by atoms with Crippen LogP contribution in [-0.4, -0.2) is 0 Å². The lowest BCUT2D eigenvalue weighted by Crippen LogP contribution is -1.85. The number of hydrogen-bond acceptors (Lipinski definition) is 2. The normalized spacial score (nSPS) is 11.5. The van der Waals surface area contributed by atoms with Crippen LogP contribution in [0.4, 0.5) is 0 Å². The summed E-state index contributed by atoms with van der Waals surface area (Å²) in [6.45, 7) is 14.9. The molecule has 4 rings (SSSR count). The molecule has 0 atom stereocenters. The second-order valence-corrected chi connectivity index (χ2v) is 12.9. The monoisotopic (exact) mass is 570 g/mol. The van der Waals surface area contributed by atoms with Gasteiger partial charge in [-0.05, 0) is 108 Å². The number of thiophene rings is 2. The van der Waals surface area contributed by atoms with Crippen LogP contribution in [0.1, 0.15) is 118 Å². The van der Waals surface area contributed by atoms with E-state index in [4.69, 9.17) is 0 Å². The Morgan fingerprint density at radius 2 is 1.30 bits per heavy atom. The molecule has 0 N–H and O–H groups in total. The van der Waals surface area contributed by atoms with Crippen LogP contribution in [-0.2, 0) is 12.8 Å². The fraction of sp³-hybridized carbons (Fsp3) is 0.421. The molecule has 0 saturated heterocycles. The average molecular weight is 571 g/mol. The second-order valence-electron chi connectivity index (χ2n) is 10.6. The zero-order valence-electron chi connectivity index (χ0n) is 25.7. The molecule has 0 radical (unpaired) electrons. The van der Waals surface area contributed by atoms with E-state index in [2.05, 4.69) is 88.0 Å². The molecule has 2 aromatic heterocycles. The molecule has 214 valence electrons. The lowest BCUT2D eigenvalue weighted by molar-refractivity contribution is 0.634. The number of benzene rings is 2. The SMILES string of the molecule is C=Cc1cc2cc(-c3ccc(CCCCCCC)s3)ccc2cc1/C=C(\C)c1ccc(CCCCCC)s1.CC. The average Bonchev–Trinajstić information content (AvgIpc) is 3.66. The number of hydrogen-bond donors (Lipinski definition) is 0. The van der Waals surface area contributed by atoms with Gasteiger partial charge in [-0.2, -0.15) is 0 Å². The molecule has 0 amide bonds. The van der Waals surface area contributed by atoms with Crippen LogP contribution in [0.25, 0.3) is 38.9 Å². The van der Waals surface area contributed by atoms with Gasteiger partial charge >= 0.3 is 0 Å². The molecule has 0 nitrogen and oxygen atoms in total. The zero-order chi connectivity index (χ0) is 28.7. The summed E-state index contributed by atoms with van der Waals surface area (Å²) in [5.74, 6) is 0. The van der Waals surface area contributed by atoms with E-state index in [1.165, 1.54) is 123 Å². The van der Waals surface area contributed by atoms with Crippen molar-refractivity contribution < 1.29 is 0 Å². The molecular weight excluding hydrogens is 521 g/mol. The van der Waals surface area contributed by atoms with Crippen molar-refractivity contribution in [3.8, 4) is 10.4 Å². The summed E-state index contributed by atoms with van der Waals surface area (Å²) in [6, 6.07) is 20.8. The van der Waals surface area contributed by atoms with Gasteiger partial charge in [0.1, 0.15) is 0 Å². The lowest BCUT2D eigenvalue weighted by atomic mass is 9.97. The first-order chi connectivity index (χ1) is 19.6. The summed E-state index contributed by atoms with van der Waals surface area (Å²) in [7, 11) is 0. The van der Waals surface area contributed by atoms with Crippen molar-refractivity contribution >= 4 is 51.2 Å². The Labute approximate surface area is 252 Å². The standard InChI is InChI=1S/C36H44S2.C2H6/c1-5-8-10-12-14-16-34-20-22-36(38-34)30-18-17-29-25-31(28(7-3)24-32(29)26-30)23-27(4)35-21-19-33(37-35)15-13-11-9-6-2;1-2/h7,17-26H,3,5-6,8-16H2,1-2,4H3;1-2H3/b27-23+;. The summed E-state index contributed by atoms with van der Waals surface area (Å²) in [5, 5.41) is 2.57. The van der Waals surface area contributed by atoms with Crippen molar-refractivity contribution in [1.82, 2.24) is 0 Å². The first kappa shape index (κ1) is 32.1. The second kappa shape index (κ2) is 17.4. The van der Waals surface area contributed by atoms with Gasteiger partial charge in [-0.1, -0.05) is 104 Å². The number of unbranched alkanes of at least 4 members (excludes halogenated alkanes) is 7. The van der Waals surface area contributed by atoms with Gasteiger partial charge in [-0.3, -0.25) is 0 Å². The van der Waals surface area contributed by atoms with Crippen LogP contribution in [0, 0.1) is 0 Å². The molecule has 2 aromatic carbocycles. The quantitative estimate of drug-likeness (QED) is 0.125. The highest BCUT2D eigenvalue weighted by Gasteiger charge is 2.08. The third-order valence-corrected chi connectivity index (χ3v) is 9.91. The molecule has 40 heavy (non-hydrogen) atoms. The number of aryl methyl sites for hydroxylation is 2. The van der Waals surface area contributed by atoms with Gasteiger partial charge in [-0.15, -0.1) is 22.7 Å². The molecule has 0 spiro atoms. The summed E-state index contributed by atoms with van der Waals surface area (Å²) >= 11 is 3.91. The van der Waals surface area contributed by atoms with E-state index >= 15 is 0 Å². The molecule has 0 bridgehead atoms. The molecule has 0 fully saturated rings. The highest BCUT2D eigenvalue weighted by Crippen LogP contribution is 2.34. The molecular formula is C38H50S2. The molecule has 4 aromatic rings. The van der Waals surface area contributed by atoms with Crippen molar-refractivity contribution in [2.45, 2.75) is 105 Å². The van der Waals surface area contributed by atoms with Crippen molar-refractivity contribution in [2.75, 3.05) is 0 Å². The predicted molar refractivity (Wildman–Crippen MR) is 187 cm³/mol. The van der Waals surface area contributed by atoms with Gasteiger partial charge in [0.25, 0.3) is 0 Å². The van der Waals surface area contributed by atoms with Gasteiger partial charge in [0.15, 0.2) is 0 Å². The van der Waals surface area contributed by atoms with E-state index in [9.17, 15) is 0 Å². The molecule has 0 aliphatic rings. The number of allylic oxidation sites excluding steroid dienone is 1. The van der Waals surface area contributed by atoms with Crippen LogP contribution in [0.5, 0.6) is 0 Å². The molecule has 2 heterocycles. The van der Waals surface area contributed by atoms with Gasteiger partial charge < -0.3 is 0 Å². The van der Waals surface area contributed by atoms with Crippen molar-refractivity contribution in [3.05, 3.63) is 86.9 Å². The topological polar surface area (TPSA) is 0 Å². The van der Waals surface area contributed by atoms with Crippen molar-refractivity contribution in [3.63, 3.8) is 0 Å². The van der Waals surface area contributed by atoms with E-state index < -0.39 is 0 Å². The summed E-state index contributed by atoms with van der Waals surface area (Å²) in [5.41, 5.74) is 5.09. The minimum atomic E-state index is 1.20. The van der Waals surface area contributed by atoms with Gasteiger partial charge in [0.2, 0.25) is 0 Å². The van der Waals surface area contributed by atoms with E-state index in [-0.39, 0.29) is 0 Å². The minimum Gasteiger partial charge on any atom is -0.141 e. The fourth-order valence-corrected chi connectivity index (χ4v) is 7.18. The van der Waals surface area contributed by atoms with E-state index in [1.807, 2.05) is 42.6 Å². The van der Waals surface area contributed by atoms with Crippen molar-refractivity contribution in [1.29, 1.82) is 0 Å². The maximum Gasteiger partial charge on any atom is 0.0345 e. The number of fused-ring (bicyclic) bond motifs is 1. The Morgan fingerprint density at radius 1 is 0.675 bits per heavy atom. The third kappa shape index (κ3) is 9.32. The summed E-state index contributed by atoms with van der Waals surface area (Å²) in [6.07, 6.45) is 18.7. The first-order valence-electron chi connectivity index (χ1n) is 15.7. The molecule has 0 saturated carbocycles. The van der Waals surface area contributed by atoms with E-state index in [1.54, 1.807) is 0 Å². The molecule has 0 aliphatic heterocycles. The Morgan fingerprint density at radius 3 is 2.00 bits per heavy atom. The smallest absolute Gasteiger partial charge is 0.0345 e. The minimum absolute atomic E-state index is 1.20. The molecule has 0 unspecified atom stereocenters. The van der Waals surface area contributed by atoms with Crippen molar-refractivity contribution in [2.24, 2.45) is 0 Å². The Hall–Kier alpha value is -2.42. The van der Waals surface area contributed by atoms with Crippen LogP contribution in [0.3, 0.4) is 0 Å². The predicted octanol–water partition coefficient (Wildman–Crippen LogP) is 13.5.